The van der Waals surface area contributed by atoms with Crippen LogP contribution in [0.3, 0.4) is 0 Å². The fourth-order valence-electron chi connectivity index (χ4n) is 3.23. The topological polar surface area (TPSA) is 49.9 Å². The molecule has 27 heavy (non-hydrogen) atoms. The van der Waals surface area contributed by atoms with Gasteiger partial charge in [-0.25, -0.2) is 8.42 Å². The number of halogens is 1. The van der Waals surface area contributed by atoms with Gasteiger partial charge in [-0.15, -0.1) is 0 Å². The van der Waals surface area contributed by atoms with Crippen molar-refractivity contribution in [3.05, 3.63) is 53.6 Å². The Morgan fingerprint density at radius 2 is 1.85 bits per heavy atom. The van der Waals surface area contributed by atoms with Crippen LogP contribution in [0.25, 0.3) is 0 Å². The molecule has 1 aliphatic heterocycles. The second-order valence-electron chi connectivity index (χ2n) is 6.73. The van der Waals surface area contributed by atoms with Gasteiger partial charge in [0.05, 0.1) is 15.6 Å². The summed E-state index contributed by atoms with van der Waals surface area (Å²) in [6.07, 6.45) is 2.27. The maximum atomic E-state index is 11.6. The molecular weight excluding hydrogens is 384 g/mol. The van der Waals surface area contributed by atoms with Gasteiger partial charge in [0.15, 0.2) is 9.84 Å². The molecule has 0 amide bonds. The Bertz CT molecular complexity index is 873. The first-order valence-electron chi connectivity index (χ1n) is 9.08. The highest BCUT2D eigenvalue weighted by Crippen LogP contribution is 2.26. The second kappa shape index (κ2) is 8.95. The first-order chi connectivity index (χ1) is 12.9. The first-order valence-corrected chi connectivity index (χ1v) is 11.4. The van der Waals surface area contributed by atoms with Gasteiger partial charge in [-0.2, -0.15) is 0 Å². The number of para-hydroxylation sites is 1. The molecule has 7 heteroatoms. The summed E-state index contributed by atoms with van der Waals surface area (Å²) >= 11 is 6.33. The third-order valence-electron chi connectivity index (χ3n) is 4.69. The van der Waals surface area contributed by atoms with Crippen molar-refractivity contribution in [2.45, 2.75) is 11.3 Å². The summed E-state index contributed by atoms with van der Waals surface area (Å²) in [7, 11) is -3.22. The van der Waals surface area contributed by atoms with E-state index < -0.39 is 9.84 Å². The molecule has 146 valence electrons. The van der Waals surface area contributed by atoms with Crippen molar-refractivity contribution in [3.63, 3.8) is 0 Å². The summed E-state index contributed by atoms with van der Waals surface area (Å²) in [5, 5.41) is 0.792. The van der Waals surface area contributed by atoms with E-state index in [9.17, 15) is 8.42 Å². The zero-order valence-electron chi connectivity index (χ0n) is 15.5. The molecule has 0 atom stereocenters. The average molecular weight is 409 g/mol. The van der Waals surface area contributed by atoms with Crippen LogP contribution in [0, 0.1) is 0 Å². The standard InChI is InChI=1S/C20H25ClN2O3S/c1-27(24,25)18-7-4-6-17(16-18)26-15-14-22-10-5-11-23(13-12-22)20-9-3-2-8-19(20)21/h2-4,6-9,16H,5,10-15H2,1H3. The van der Waals surface area contributed by atoms with Gasteiger partial charge in [0.25, 0.3) is 0 Å². The van der Waals surface area contributed by atoms with E-state index in [1.54, 1.807) is 24.3 Å². The van der Waals surface area contributed by atoms with Crippen LogP contribution in [0.5, 0.6) is 5.75 Å². The lowest BCUT2D eigenvalue weighted by Gasteiger charge is -2.24. The van der Waals surface area contributed by atoms with Gasteiger partial charge >= 0.3 is 0 Å². The zero-order chi connectivity index (χ0) is 19.3. The van der Waals surface area contributed by atoms with Crippen LogP contribution in [0.2, 0.25) is 5.02 Å². The lowest BCUT2D eigenvalue weighted by atomic mass is 10.2. The van der Waals surface area contributed by atoms with E-state index in [4.69, 9.17) is 16.3 Å². The van der Waals surface area contributed by atoms with Crippen molar-refractivity contribution in [2.75, 3.05) is 50.5 Å². The minimum Gasteiger partial charge on any atom is -0.492 e. The van der Waals surface area contributed by atoms with Crippen LogP contribution in [-0.4, -0.2) is 58.9 Å². The van der Waals surface area contributed by atoms with Crippen molar-refractivity contribution < 1.29 is 13.2 Å². The minimum atomic E-state index is -3.22. The van der Waals surface area contributed by atoms with Crippen LogP contribution >= 0.6 is 11.6 Å². The van der Waals surface area contributed by atoms with Gasteiger partial charge in [-0.1, -0.05) is 29.8 Å². The number of nitrogens with zero attached hydrogens (tertiary/aromatic N) is 2. The van der Waals surface area contributed by atoms with E-state index in [1.165, 1.54) is 6.26 Å². The Balaban J connectivity index is 1.51. The smallest absolute Gasteiger partial charge is 0.175 e. The van der Waals surface area contributed by atoms with E-state index >= 15 is 0 Å². The molecule has 0 spiro atoms. The Labute approximate surface area is 166 Å². The number of rotatable bonds is 6. The van der Waals surface area contributed by atoms with Crippen molar-refractivity contribution >= 4 is 27.1 Å². The number of hydrogen-bond acceptors (Lipinski definition) is 5. The zero-order valence-corrected chi connectivity index (χ0v) is 17.0. The molecular formula is C20H25ClN2O3S. The van der Waals surface area contributed by atoms with Gasteiger partial charge in [-0.05, 0) is 36.8 Å². The van der Waals surface area contributed by atoms with Crippen molar-refractivity contribution in [3.8, 4) is 5.75 Å². The summed E-state index contributed by atoms with van der Waals surface area (Å²) in [4.78, 5) is 4.99. The number of anilines is 1. The Hall–Kier alpha value is -1.76. The predicted octanol–water partition coefficient (Wildman–Crippen LogP) is 3.33. The molecule has 5 nitrogen and oxygen atoms in total. The van der Waals surface area contributed by atoms with Crippen LogP contribution in [0.1, 0.15) is 6.42 Å². The van der Waals surface area contributed by atoms with E-state index in [0.29, 0.717) is 12.4 Å². The van der Waals surface area contributed by atoms with E-state index in [-0.39, 0.29) is 4.90 Å². The molecule has 2 aromatic rings. The van der Waals surface area contributed by atoms with Gasteiger partial charge in [-0.3, -0.25) is 4.90 Å². The average Bonchev–Trinajstić information content (AvgIpc) is 2.87. The minimum absolute atomic E-state index is 0.283. The molecule has 0 radical (unpaired) electrons. The molecule has 0 bridgehead atoms. The monoisotopic (exact) mass is 408 g/mol. The molecule has 0 unspecified atom stereocenters. The number of hydrogen-bond donors (Lipinski definition) is 0. The van der Waals surface area contributed by atoms with Gasteiger partial charge in [0.2, 0.25) is 0 Å². The third-order valence-corrected chi connectivity index (χ3v) is 6.12. The van der Waals surface area contributed by atoms with Gasteiger partial charge < -0.3 is 9.64 Å². The second-order valence-corrected chi connectivity index (χ2v) is 9.15. The normalized spacial score (nSPS) is 16.1. The molecule has 1 fully saturated rings. The van der Waals surface area contributed by atoms with Crippen LogP contribution < -0.4 is 9.64 Å². The van der Waals surface area contributed by atoms with Crippen molar-refractivity contribution in [1.29, 1.82) is 0 Å². The third kappa shape index (κ3) is 5.61. The lowest BCUT2D eigenvalue weighted by molar-refractivity contribution is 0.218. The molecule has 0 aromatic heterocycles. The first kappa shape index (κ1) is 20.0. The fraction of sp³-hybridized carbons (Fsp3) is 0.400. The highest BCUT2D eigenvalue weighted by Gasteiger charge is 2.17. The predicted molar refractivity (Wildman–Crippen MR) is 110 cm³/mol. The highest BCUT2D eigenvalue weighted by molar-refractivity contribution is 7.90. The summed E-state index contributed by atoms with van der Waals surface area (Å²) in [5.41, 5.74) is 1.09. The summed E-state index contributed by atoms with van der Waals surface area (Å²) < 4.78 is 29.1. The Morgan fingerprint density at radius 3 is 2.63 bits per heavy atom. The largest absolute Gasteiger partial charge is 0.492 e. The SMILES string of the molecule is CS(=O)(=O)c1cccc(OCCN2CCCN(c3ccccc3Cl)CC2)c1. The maximum absolute atomic E-state index is 11.6. The quantitative estimate of drug-likeness (QED) is 0.733. The van der Waals surface area contributed by atoms with Gasteiger partial charge in [0.1, 0.15) is 12.4 Å². The highest BCUT2D eigenvalue weighted by atomic mass is 35.5. The van der Waals surface area contributed by atoms with E-state index in [2.05, 4.69) is 15.9 Å². The maximum Gasteiger partial charge on any atom is 0.175 e. The van der Waals surface area contributed by atoms with Crippen LogP contribution in [0.4, 0.5) is 5.69 Å². The number of benzene rings is 2. The lowest BCUT2D eigenvalue weighted by Crippen LogP contribution is -2.33. The molecule has 1 heterocycles. The Kier molecular flexibility index (Phi) is 6.63. The molecule has 3 rings (SSSR count). The van der Waals surface area contributed by atoms with Crippen molar-refractivity contribution in [2.24, 2.45) is 0 Å². The molecule has 2 aromatic carbocycles. The summed E-state index contributed by atoms with van der Waals surface area (Å²) in [6, 6.07) is 14.6. The van der Waals surface area contributed by atoms with Crippen LogP contribution in [-0.2, 0) is 9.84 Å². The molecule has 1 aliphatic rings. The summed E-state index contributed by atoms with van der Waals surface area (Å²) in [6.45, 7) is 5.19. The van der Waals surface area contributed by atoms with Crippen molar-refractivity contribution in [1.82, 2.24) is 4.90 Å². The van der Waals surface area contributed by atoms with E-state index in [0.717, 1.165) is 49.9 Å². The fourth-order valence-corrected chi connectivity index (χ4v) is 4.14. The Morgan fingerprint density at radius 1 is 1.04 bits per heavy atom. The number of ether oxygens (including phenoxy) is 1. The number of sulfone groups is 1. The molecule has 0 aliphatic carbocycles. The van der Waals surface area contributed by atoms with E-state index in [1.807, 2.05) is 18.2 Å². The van der Waals surface area contributed by atoms with Crippen LogP contribution in [0.15, 0.2) is 53.4 Å². The molecule has 0 N–H and O–H groups in total. The summed E-state index contributed by atoms with van der Waals surface area (Å²) in [5.74, 6) is 0.588. The molecule has 0 saturated carbocycles. The van der Waals surface area contributed by atoms with Gasteiger partial charge in [0, 0.05) is 39.0 Å². The molecule has 1 saturated heterocycles.